The lowest BCUT2D eigenvalue weighted by atomic mass is 10.1. The maximum absolute atomic E-state index is 9.27. The second-order valence-electron chi connectivity index (χ2n) is 5.60. The van der Waals surface area contributed by atoms with Gasteiger partial charge in [-0.1, -0.05) is 24.9 Å². The number of ether oxygens (including phenoxy) is 1. The first-order chi connectivity index (χ1) is 11.6. The molecule has 0 fully saturated rings. The Labute approximate surface area is 145 Å². The highest BCUT2D eigenvalue weighted by molar-refractivity contribution is 6.30. The Hall–Kier alpha value is -2.58. The van der Waals surface area contributed by atoms with E-state index in [1.807, 2.05) is 25.4 Å². The number of hydrogen-bond acceptors (Lipinski definition) is 4. The van der Waals surface area contributed by atoms with Crippen molar-refractivity contribution in [1.82, 2.24) is 14.8 Å². The van der Waals surface area contributed by atoms with Gasteiger partial charge in [0, 0.05) is 29.7 Å². The Morgan fingerprint density at radius 2 is 2.17 bits per heavy atom. The molecule has 0 aliphatic rings. The maximum Gasteiger partial charge on any atom is 0.181 e. The first-order valence-corrected chi connectivity index (χ1v) is 8.15. The third-order valence-corrected chi connectivity index (χ3v) is 3.95. The van der Waals surface area contributed by atoms with Crippen LogP contribution in [0.2, 0.25) is 5.02 Å². The number of nitriles is 1. The van der Waals surface area contributed by atoms with Gasteiger partial charge in [-0.05, 0) is 30.7 Å². The fourth-order valence-electron chi connectivity index (χ4n) is 2.58. The SMILES string of the molecule is CCCC(Oc1cc(Cl)ccc1C#N)c1ccc2cn(C)nc2n1. The number of pyridine rings is 1. The summed E-state index contributed by atoms with van der Waals surface area (Å²) in [5.74, 6) is 0.478. The molecule has 2 heterocycles. The van der Waals surface area contributed by atoms with Gasteiger partial charge in [0.05, 0.1) is 11.3 Å². The Morgan fingerprint density at radius 1 is 1.33 bits per heavy atom. The van der Waals surface area contributed by atoms with E-state index in [-0.39, 0.29) is 6.10 Å². The summed E-state index contributed by atoms with van der Waals surface area (Å²) in [6.45, 7) is 2.08. The predicted octanol–water partition coefficient (Wildman–Crippen LogP) is 4.41. The van der Waals surface area contributed by atoms with Crippen LogP contribution in [0, 0.1) is 11.3 Å². The van der Waals surface area contributed by atoms with E-state index in [0.29, 0.717) is 22.0 Å². The van der Waals surface area contributed by atoms with Crippen molar-refractivity contribution in [3.8, 4) is 11.8 Å². The van der Waals surface area contributed by atoms with Gasteiger partial charge in [0.25, 0.3) is 0 Å². The highest BCUT2D eigenvalue weighted by atomic mass is 35.5. The molecule has 1 unspecified atom stereocenters. The first kappa shape index (κ1) is 16.3. The Balaban J connectivity index is 1.97. The minimum Gasteiger partial charge on any atom is -0.483 e. The fourth-order valence-corrected chi connectivity index (χ4v) is 2.74. The van der Waals surface area contributed by atoms with Crippen molar-refractivity contribution < 1.29 is 4.74 Å². The lowest BCUT2D eigenvalue weighted by Crippen LogP contribution is -2.10. The number of aryl methyl sites for hydroxylation is 1. The summed E-state index contributed by atoms with van der Waals surface area (Å²) in [5.41, 5.74) is 1.94. The molecule has 5 nitrogen and oxygen atoms in total. The minimum absolute atomic E-state index is 0.257. The van der Waals surface area contributed by atoms with Gasteiger partial charge in [0.1, 0.15) is 17.9 Å². The summed E-state index contributed by atoms with van der Waals surface area (Å²) in [4.78, 5) is 4.62. The standard InChI is InChI=1S/C18H17ClN4O/c1-3-4-16(24-17-9-14(19)7-5-12(17)10-20)15-8-6-13-11-23(2)22-18(13)21-15/h5-9,11,16H,3-4H2,1-2H3. The van der Waals surface area contributed by atoms with Crippen LogP contribution >= 0.6 is 11.6 Å². The van der Waals surface area contributed by atoms with E-state index >= 15 is 0 Å². The lowest BCUT2D eigenvalue weighted by Gasteiger charge is -2.19. The Morgan fingerprint density at radius 3 is 2.92 bits per heavy atom. The van der Waals surface area contributed by atoms with Crippen molar-refractivity contribution >= 4 is 22.6 Å². The quantitative estimate of drug-likeness (QED) is 0.690. The normalized spacial score (nSPS) is 12.1. The molecule has 0 aliphatic heterocycles. The monoisotopic (exact) mass is 340 g/mol. The van der Waals surface area contributed by atoms with Crippen LogP contribution in [-0.2, 0) is 7.05 Å². The largest absolute Gasteiger partial charge is 0.483 e. The maximum atomic E-state index is 9.27. The summed E-state index contributed by atoms with van der Waals surface area (Å²) >= 11 is 6.04. The van der Waals surface area contributed by atoms with E-state index in [2.05, 4.69) is 23.1 Å². The molecule has 0 saturated carbocycles. The summed E-state index contributed by atoms with van der Waals surface area (Å²) in [7, 11) is 1.87. The zero-order valence-electron chi connectivity index (χ0n) is 13.5. The number of nitrogens with zero attached hydrogens (tertiary/aromatic N) is 4. The van der Waals surface area contributed by atoms with Crippen molar-refractivity contribution in [2.24, 2.45) is 7.05 Å². The van der Waals surface area contributed by atoms with Crippen LogP contribution in [0.5, 0.6) is 5.75 Å². The van der Waals surface area contributed by atoms with Gasteiger partial charge < -0.3 is 4.74 Å². The molecule has 0 N–H and O–H groups in total. The van der Waals surface area contributed by atoms with Crippen molar-refractivity contribution in [2.75, 3.05) is 0 Å². The average molecular weight is 341 g/mol. The van der Waals surface area contributed by atoms with Gasteiger partial charge in [0.15, 0.2) is 5.65 Å². The molecule has 0 aliphatic carbocycles. The molecule has 6 heteroatoms. The Bertz CT molecular complexity index is 913. The van der Waals surface area contributed by atoms with Crippen LogP contribution in [0.25, 0.3) is 11.0 Å². The summed E-state index contributed by atoms with van der Waals surface area (Å²) in [5, 5.41) is 15.1. The molecule has 1 aromatic carbocycles. The fraction of sp³-hybridized carbons (Fsp3) is 0.278. The van der Waals surface area contributed by atoms with Gasteiger partial charge in [-0.15, -0.1) is 0 Å². The lowest BCUT2D eigenvalue weighted by molar-refractivity contribution is 0.189. The van der Waals surface area contributed by atoms with Gasteiger partial charge in [-0.25, -0.2) is 4.98 Å². The molecule has 1 atom stereocenters. The number of halogens is 1. The third-order valence-electron chi connectivity index (χ3n) is 3.72. The number of benzene rings is 1. The van der Waals surface area contributed by atoms with E-state index in [9.17, 15) is 5.26 Å². The minimum atomic E-state index is -0.257. The van der Waals surface area contributed by atoms with Crippen LogP contribution in [0.1, 0.15) is 37.1 Å². The molecule has 2 aromatic heterocycles. The molecular weight excluding hydrogens is 324 g/mol. The highest BCUT2D eigenvalue weighted by Crippen LogP contribution is 2.30. The molecule has 122 valence electrons. The zero-order valence-corrected chi connectivity index (χ0v) is 14.3. The smallest absolute Gasteiger partial charge is 0.181 e. The summed E-state index contributed by atoms with van der Waals surface area (Å²) < 4.78 is 7.83. The van der Waals surface area contributed by atoms with Crippen LogP contribution in [0.4, 0.5) is 0 Å². The average Bonchev–Trinajstić information content (AvgIpc) is 2.93. The van der Waals surface area contributed by atoms with Crippen molar-refractivity contribution in [3.05, 3.63) is 52.8 Å². The number of rotatable bonds is 5. The van der Waals surface area contributed by atoms with E-state index in [0.717, 1.165) is 23.9 Å². The molecule has 24 heavy (non-hydrogen) atoms. The summed E-state index contributed by atoms with van der Waals surface area (Å²) in [6.07, 6.45) is 3.37. The van der Waals surface area contributed by atoms with E-state index in [1.54, 1.807) is 22.9 Å². The highest BCUT2D eigenvalue weighted by Gasteiger charge is 2.17. The molecular formula is C18H17ClN4O. The third kappa shape index (κ3) is 3.34. The van der Waals surface area contributed by atoms with Gasteiger partial charge >= 0.3 is 0 Å². The topological polar surface area (TPSA) is 63.7 Å². The van der Waals surface area contributed by atoms with Crippen LogP contribution in [0.3, 0.4) is 0 Å². The number of fused-ring (bicyclic) bond motifs is 1. The molecule has 0 bridgehead atoms. The predicted molar refractivity (Wildman–Crippen MR) is 93.0 cm³/mol. The molecule has 0 radical (unpaired) electrons. The van der Waals surface area contributed by atoms with Crippen LogP contribution in [-0.4, -0.2) is 14.8 Å². The number of aromatic nitrogens is 3. The van der Waals surface area contributed by atoms with E-state index in [4.69, 9.17) is 16.3 Å². The first-order valence-electron chi connectivity index (χ1n) is 7.77. The Kier molecular flexibility index (Phi) is 4.68. The van der Waals surface area contributed by atoms with Crippen molar-refractivity contribution in [1.29, 1.82) is 5.26 Å². The number of hydrogen-bond donors (Lipinski definition) is 0. The second kappa shape index (κ2) is 6.90. The second-order valence-corrected chi connectivity index (χ2v) is 6.04. The van der Waals surface area contributed by atoms with Gasteiger partial charge in [-0.2, -0.15) is 10.4 Å². The van der Waals surface area contributed by atoms with E-state index < -0.39 is 0 Å². The van der Waals surface area contributed by atoms with Gasteiger partial charge in [-0.3, -0.25) is 4.68 Å². The molecule has 0 amide bonds. The van der Waals surface area contributed by atoms with E-state index in [1.165, 1.54) is 0 Å². The van der Waals surface area contributed by atoms with Crippen LogP contribution in [0.15, 0.2) is 36.5 Å². The zero-order chi connectivity index (χ0) is 17.1. The molecule has 0 saturated heterocycles. The van der Waals surface area contributed by atoms with Gasteiger partial charge in [0.2, 0.25) is 0 Å². The summed E-state index contributed by atoms with van der Waals surface area (Å²) in [6, 6.07) is 11.1. The molecule has 3 rings (SSSR count). The van der Waals surface area contributed by atoms with Crippen molar-refractivity contribution in [2.45, 2.75) is 25.9 Å². The van der Waals surface area contributed by atoms with Crippen molar-refractivity contribution in [3.63, 3.8) is 0 Å². The van der Waals surface area contributed by atoms with Crippen LogP contribution < -0.4 is 4.74 Å². The molecule has 0 spiro atoms. The molecule has 3 aromatic rings.